The summed E-state index contributed by atoms with van der Waals surface area (Å²) in [6.45, 7) is 10.8. The molecule has 1 nitrogen and oxygen atoms in total. The molecular formula is C10H20N+. The molecular weight excluding hydrogens is 134 g/mol. The minimum atomic E-state index is 1.12. The third kappa shape index (κ3) is 4.77. The van der Waals surface area contributed by atoms with Crippen molar-refractivity contribution in [1.82, 2.24) is 0 Å². The lowest BCUT2D eigenvalue weighted by molar-refractivity contribution is -0.519. The first-order valence-electron chi connectivity index (χ1n) is 4.39. The first-order chi connectivity index (χ1) is 5.24. The molecule has 0 N–H and O–H groups in total. The van der Waals surface area contributed by atoms with E-state index in [-0.39, 0.29) is 0 Å². The molecule has 11 heavy (non-hydrogen) atoms. The van der Waals surface area contributed by atoms with Crippen molar-refractivity contribution in [3.05, 3.63) is 11.6 Å². The van der Waals surface area contributed by atoms with E-state index in [0.717, 1.165) is 13.1 Å². The molecule has 0 rings (SSSR count). The SMILES string of the molecule is CC=C(C)CC[N+](=CC)CC. The summed E-state index contributed by atoms with van der Waals surface area (Å²) >= 11 is 0. The molecule has 0 radical (unpaired) electrons. The van der Waals surface area contributed by atoms with Crippen LogP contribution in [-0.2, 0) is 0 Å². The third-order valence-electron chi connectivity index (χ3n) is 2.06. The molecule has 0 saturated heterocycles. The van der Waals surface area contributed by atoms with Crippen molar-refractivity contribution < 1.29 is 4.58 Å². The van der Waals surface area contributed by atoms with Gasteiger partial charge in [-0.15, -0.1) is 0 Å². The van der Waals surface area contributed by atoms with Crippen molar-refractivity contribution in [3.63, 3.8) is 0 Å². The molecule has 0 aromatic heterocycles. The second kappa shape index (κ2) is 6.14. The van der Waals surface area contributed by atoms with Gasteiger partial charge in [0.1, 0.15) is 19.3 Å². The van der Waals surface area contributed by atoms with Crippen molar-refractivity contribution in [3.8, 4) is 0 Å². The summed E-state index contributed by atoms with van der Waals surface area (Å²) in [5.41, 5.74) is 1.48. The number of hydrogen-bond donors (Lipinski definition) is 0. The average Bonchev–Trinajstić information content (AvgIpc) is 2.06. The van der Waals surface area contributed by atoms with Gasteiger partial charge in [-0.1, -0.05) is 11.6 Å². The monoisotopic (exact) mass is 154 g/mol. The first kappa shape index (κ1) is 10.4. The molecule has 0 bridgehead atoms. The number of hydrogen-bond acceptors (Lipinski definition) is 0. The maximum atomic E-state index is 2.33. The molecule has 0 heterocycles. The van der Waals surface area contributed by atoms with Crippen LogP contribution in [-0.4, -0.2) is 23.9 Å². The maximum absolute atomic E-state index is 2.33. The van der Waals surface area contributed by atoms with Crippen LogP contribution in [0.2, 0.25) is 0 Å². The van der Waals surface area contributed by atoms with Crippen LogP contribution in [0.3, 0.4) is 0 Å². The molecule has 0 aromatic carbocycles. The fourth-order valence-electron chi connectivity index (χ4n) is 0.934. The molecule has 0 aliphatic rings. The normalized spacial score (nSPS) is 13.8. The lowest BCUT2D eigenvalue weighted by Gasteiger charge is -1.99. The van der Waals surface area contributed by atoms with Crippen LogP contribution >= 0.6 is 0 Å². The van der Waals surface area contributed by atoms with Gasteiger partial charge < -0.3 is 0 Å². The standard InChI is InChI=1S/C10H20N/c1-5-10(4)8-9-11(6-2)7-3/h5-6H,7-9H2,1-4H3/q+1. The molecule has 0 amide bonds. The van der Waals surface area contributed by atoms with E-state index < -0.39 is 0 Å². The summed E-state index contributed by atoms with van der Waals surface area (Å²) in [6.07, 6.45) is 5.53. The fraction of sp³-hybridized carbons (Fsp3) is 0.700. The molecule has 0 aromatic rings. The predicted molar refractivity (Wildman–Crippen MR) is 51.5 cm³/mol. The van der Waals surface area contributed by atoms with E-state index in [4.69, 9.17) is 0 Å². The Morgan fingerprint density at radius 2 is 2.00 bits per heavy atom. The Morgan fingerprint density at radius 1 is 1.36 bits per heavy atom. The summed E-state index contributed by atoms with van der Waals surface area (Å²) in [5, 5.41) is 0. The summed E-state index contributed by atoms with van der Waals surface area (Å²) in [6, 6.07) is 0. The lowest BCUT2D eigenvalue weighted by Crippen LogP contribution is -2.13. The van der Waals surface area contributed by atoms with Crippen molar-refractivity contribution in [1.29, 1.82) is 0 Å². The Bertz CT molecular complexity index is 154. The van der Waals surface area contributed by atoms with Crippen LogP contribution in [0.1, 0.15) is 34.1 Å². The van der Waals surface area contributed by atoms with Crippen LogP contribution in [0.15, 0.2) is 11.6 Å². The van der Waals surface area contributed by atoms with Crippen molar-refractivity contribution >= 4 is 6.21 Å². The van der Waals surface area contributed by atoms with E-state index in [1.54, 1.807) is 0 Å². The van der Waals surface area contributed by atoms with Gasteiger partial charge in [0, 0.05) is 13.3 Å². The fourth-order valence-corrected chi connectivity index (χ4v) is 0.934. The van der Waals surface area contributed by atoms with E-state index in [1.165, 1.54) is 12.0 Å². The van der Waals surface area contributed by atoms with Gasteiger partial charge in [0.25, 0.3) is 0 Å². The third-order valence-corrected chi connectivity index (χ3v) is 2.06. The van der Waals surface area contributed by atoms with Crippen LogP contribution < -0.4 is 0 Å². The van der Waals surface area contributed by atoms with Gasteiger partial charge in [0.05, 0.1) is 0 Å². The Labute approximate surface area is 70.4 Å². The molecule has 0 atom stereocenters. The molecule has 1 heteroatoms. The van der Waals surface area contributed by atoms with E-state index in [1.807, 2.05) is 0 Å². The predicted octanol–water partition coefficient (Wildman–Crippen LogP) is 2.47. The smallest absolute Gasteiger partial charge is 0.146 e. The number of allylic oxidation sites excluding steroid dienone is 1. The summed E-state index contributed by atoms with van der Waals surface area (Å²) in [7, 11) is 0. The average molecular weight is 154 g/mol. The Morgan fingerprint density at radius 3 is 2.36 bits per heavy atom. The molecule has 0 aliphatic heterocycles. The highest BCUT2D eigenvalue weighted by atomic mass is 15.0. The molecule has 64 valence electrons. The Balaban J connectivity index is 3.69. The quantitative estimate of drug-likeness (QED) is 0.332. The zero-order valence-corrected chi connectivity index (χ0v) is 8.22. The molecule has 0 spiro atoms. The van der Waals surface area contributed by atoms with Crippen molar-refractivity contribution in [2.45, 2.75) is 34.1 Å². The second-order valence-electron chi connectivity index (χ2n) is 2.77. The van der Waals surface area contributed by atoms with Gasteiger partial charge in [-0.2, -0.15) is 0 Å². The summed E-state index contributed by atoms with van der Waals surface area (Å²) < 4.78 is 2.33. The highest BCUT2D eigenvalue weighted by Crippen LogP contribution is 1.98. The van der Waals surface area contributed by atoms with Gasteiger partial charge >= 0.3 is 0 Å². The van der Waals surface area contributed by atoms with Crippen LogP contribution in [0.4, 0.5) is 0 Å². The topological polar surface area (TPSA) is 3.01 Å². The first-order valence-corrected chi connectivity index (χ1v) is 4.39. The largest absolute Gasteiger partial charge is 0.240 e. The van der Waals surface area contributed by atoms with Crippen molar-refractivity contribution in [2.75, 3.05) is 13.1 Å². The van der Waals surface area contributed by atoms with E-state index in [9.17, 15) is 0 Å². The van der Waals surface area contributed by atoms with Crippen LogP contribution in [0.25, 0.3) is 0 Å². The maximum Gasteiger partial charge on any atom is 0.146 e. The van der Waals surface area contributed by atoms with Crippen molar-refractivity contribution in [2.24, 2.45) is 0 Å². The number of nitrogens with zero attached hydrogens (tertiary/aromatic N) is 1. The van der Waals surface area contributed by atoms with Gasteiger partial charge in [0.15, 0.2) is 0 Å². The lowest BCUT2D eigenvalue weighted by atomic mass is 10.2. The van der Waals surface area contributed by atoms with E-state index >= 15 is 0 Å². The van der Waals surface area contributed by atoms with Gasteiger partial charge in [-0.05, 0) is 20.8 Å². The molecule has 0 fully saturated rings. The van der Waals surface area contributed by atoms with Crippen LogP contribution in [0, 0.1) is 0 Å². The van der Waals surface area contributed by atoms with Crippen LogP contribution in [0.5, 0.6) is 0 Å². The number of rotatable bonds is 4. The minimum absolute atomic E-state index is 1.12. The molecule has 0 aliphatic carbocycles. The van der Waals surface area contributed by atoms with Gasteiger partial charge in [-0.25, -0.2) is 4.58 Å². The zero-order chi connectivity index (χ0) is 8.69. The highest BCUT2D eigenvalue weighted by Gasteiger charge is 1.97. The Kier molecular flexibility index (Phi) is 5.81. The summed E-state index contributed by atoms with van der Waals surface area (Å²) in [5.74, 6) is 0. The molecule has 0 saturated carbocycles. The second-order valence-corrected chi connectivity index (χ2v) is 2.77. The van der Waals surface area contributed by atoms with E-state index in [2.05, 4.69) is 44.6 Å². The highest BCUT2D eigenvalue weighted by molar-refractivity contribution is 5.46. The zero-order valence-electron chi connectivity index (χ0n) is 8.22. The van der Waals surface area contributed by atoms with Gasteiger partial charge in [0.2, 0.25) is 0 Å². The Hall–Kier alpha value is -0.590. The van der Waals surface area contributed by atoms with Gasteiger partial charge in [-0.3, -0.25) is 0 Å². The molecule has 0 unspecified atom stereocenters. The minimum Gasteiger partial charge on any atom is -0.240 e. The van der Waals surface area contributed by atoms with E-state index in [0.29, 0.717) is 0 Å². The summed E-state index contributed by atoms with van der Waals surface area (Å²) in [4.78, 5) is 0.